The van der Waals surface area contributed by atoms with Gasteiger partial charge in [-0.1, -0.05) is 133 Å². The van der Waals surface area contributed by atoms with Gasteiger partial charge in [0.05, 0.1) is 0 Å². The van der Waals surface area contributed by atoms with Crippen molar-refractivity contribution in [1.29, 1.82) is 0 Å². The number of hydrogen-bond donors (Lipinski definition) is 0. The predicted octanol–water partition coefficient (Wildman–Crippen LogP) is 11.2. The Kier molecular flexibility index (Phi) is 6.00. The molecule has 45 heavy (non-hydrogen) atoms. The third kappa shape index (κ3) is 4.46. The summed E-state index contributed by atoms with van der Waals surface area (Å²) in [6.45, 7) is 0. The van der Waals surface area contributed by atoms with Crippen LogP contribution in [0, 0.1) is 0 Å². The van der Waals surface area contributed by atoms with Crippen LogP contribution in [-0.2, 0) is 0 Å². The van der Waals surface area contributed by atoms with Crippen molar-refractivity contribution in [3.8, 4) is 45.3 Å². The van der Waals surface area contributed by atoms with Crippen molar-refractivity contribution in [2.45, 2.75) is 0 Å². The quantitative estimate of drug-likeness (QED) is 0.204. The summed E-state index contributed by atoms with van der Waals surface area (Å²) in [5.74, 6) is 2.00. The molecule has 7 aromatic carbocycles. The highest BCUT2D eigenvalue weighted by atomic mass is 32.1. The zero-order valence-corrected chi connectivity index (χ0v) is 25.0. The third-order valence-electron chi connectivity index (χ3n) is 8.50. The van der Waals surface area contributed by atoms with E-state index in [1.54, 1.807) is 0 Å². The van der Waals surface area contributed by atoms with Crippen molar-refractivity contribution in [2.75, 3.05) is 0 Å². The van der Waals surface area contributed by atoms with Gasteiger partial charge in [0.15, 0.2) is 17.5 Å². The molecule has 2 heterocycles. The first-order valence-corrected chi connectivity index (χ1v) is 15.8. The normalized spacial score (nSPS) is 11.6. The molecule has 0 amide bonds. The van der Waals surface area contributed by atoms with Crippen molar-refractivity contribution in [1.82, 2.24) is 15.0 Å². The van der Waals surface area contributed by atoms with Gasteiger partial charge in [0, 0.05) is 36.9 Å². The molecule has 0 saturated heterocycles. The van der Waals surface area contributed by atoms with Gasteiger partial charge in [-0.2, -0.15) is 0 Å². The fourth-order valence-electron chi connectivity index (χ4n) is 6.26. The van der Waals surface area contributed by atoms with Gasteiger partial charge in [0.25, 0.3) is 0 Å². The van der Waals surface area contributed by atoms with Crippen LogP contribution in [0.25, 0.3) is 87.0 Å². The van der Waals surface area contributed by atoms with Crippen LogP contribution in [-0.4, -0.2) is 15.0 Å². The van der Waals surface area contributed by atoms with Gasteiger partial charge in [0.2, 0.25) is 0 Å². The Hall–Kier alpha value is -5.71. The number of thiophene rings is 1. The van der Waals surface area contributed by atoms with Crippen LogP contribution < -0.4 is 0 Å². The molecule has 0 aliphatic carbocycles. The number of rotatable bonds is 4. The molecule has 0 saturated carbocycles. The molecular formula is C41H25N3S. The minimum absolute atomic E-state index is 0.657. The monoisotopic (exact) mass is 591 g/mol. The fourth-order valence-corrected chi connectivity index (χ4v) is 7.52. The maximum atomic E-state index is 5.17. The molecular weight excluding hydrogens is 567 g/mol. The number of nitrogens with zero attached hydrogens (tertiary/aromatic N) is 3. The van der Waals surface area contributed by atoms with Crippen molar-refractivity contribution in [3.63, 3.8) is 0 Å². The van der Waals surface area contributed by atoms with Crippen molar-refractivity contribution in [2.24, 2.45) is 0 Å². The second-order valence-electron chi connectivity index (χ2n) is 11.3. The maximum Gasteiger partial charge on any atom is 0.164 e. The predicted molar refractivity (Wildman–Crippen MR) is 189 cm³/mol. The number of fused-ring (bicyclic) bond motifs is 6. The fraction of sp³-hybridized carbons (Fsp3) is 0. The van der Waals surface area contributed by atoms with E-state index in [-0.39, 0.29) is 0 Å². The number of benzene rings is 7. The van der Waals surface area contributed by atoms with Gasteiger partial charge in [-0.3, -0.25) is 0 Å². The van der Waals surface area contributed by atoms with Gasteiger partial charge in [0.1, 0.15) is 0 Å². The smallest absolute Gasteiger partial charge is 0.164 e. The lowest BCUT2D eigenvalue weighted by atomic mass is 9.99. The second-order valence-corrected chi connectivity index (χ2v) is 12.3. The highest BCUT2D eigenvalue weighted by Gasteiger charge is 2.19. The van der Waals surface area contributed by atoms with E-state index in [2.05, 4.69) is 133 Å². The number of hydrogen-bond acceptors (Lipinski definition) is 4. The highest BCUT2D eigenvalue weighted by molar-refractivity contribution is 7.26. The first-order valence-electron chi connectivity index (χ1n) is 15.0. The van der Waals surface area contributed by atoms with E-state index >= 15 is 0 Å². The summed E-state index contributed by atoms with van der Waals surface area (Å²) in [6, 6.07) is 53.3. The Morgan fingerprint density at radius 1 is 0.378 bits per heavy atom. The van der Waals surface area contributed by atoms with Crippen LogP contribution in [0.1, 0.15) is 0 Å². The van der Waals surface area contributed by atoms with E-state index in [0.29, 0.717) is 17.5 Å². The van der Waals surface area contributed by atoms with Gasteiger partial charge in [-0.15, -0.1) is 11.3 Å². The molecule has 4 heteroatoms. The SMILES string of the molecule is c1ccc(-c2nc(-c3ccc(-c4ccc5ccccc5c4)cc3)nc(-c3cc4ccccc4c4sc5ccccc5c34)n2)cc1. The van der Waals surface area contributed by atoms with Crippen LogP contribution in [0.15, 0.2) is 152 Å². The molecule has 0 bridgehead atoms. The van der Waals surface area contributed by atoms with Crippen molar-refractivity contribution < 1.29 is 0 Å². The van der Waals surface area contributed by atoms with Crippen LogP contribution in [0.2, 0.25) is 0 Å². The lowest BCUT2D eigenvalue weighted by Crippen LogP contribution is -2.00. The summed E-state index contributed by atoms with van der Waals surface area (Å²) < 4.78 is 2.51. The molecule has 9 rings (SSSR count). The maximum absolute atomic E-state index is 5.17. The van der Waals surface area contributed by atoms with E-state index in [1.165, 1.54) is 47.3 Å². The van der Waals surface area contributed by atoms with E-state index in [1.807, 2.05) is 29.5 Å². The minimum atomic E-state index is 0.657. The Morgan fingerprint density at radius 2 is 0.956 bits per heavy atom. The summed E-state index contributed by atoms with van der Waals surface area (Å²) in [6.07, 6.45) is 0. The van der Waals surface area contributed by atoms with Crippen molar-refractivity contribution in [3.05, 3.63) is 152 Å². The van der Waals surface area contributed by atoms with Crippen LogP contribution in [0.4, 0.5) is 0 Å². The Morgan fingerprint density at radius 3 is 1.76 bits per heavy atom. The zero-order valence-electron chi connectivity index (χ0n) is 24.2. The summed E-state index contributed by atoms with van der Waals surface area (Å²) in [7, 11) is 0. The molecule has 0 atom stereocenters. The minimum Gasteiger partial charge on any atom is -0.208 e. The summed E-state index contributed by atoms with van der Waals surface area (Å²) >= 11 is 1.83. The van der Waals surface area contributed by atoms with Crippen LogP contribution >= 0.6 is 11.3 Å². The van der Waals surface area contributed by atoms with E-state index in [4.69, 9.17) is 15.0 Å². The van der Waals surface area contributed by atoms with Gasteiger partial charge < -0.3 is 0 Å². The molecule has 0 unspecified atom stereocenters. The molecule has 0 radical (unpaired) electrons. The lowest BCUT2D eigenvalue weighted by Gasteiger charge is -2.11. The third-order valence-corrected chi connectivity index (χ3v) is 9.71. The first kappa shape index (κ1) is 25.8. The summed E-state index contributed by atoms with van der Waals surface area (Å²) in [5, 5.41) is 7.31. The average molecular weight is 592 g/mol. The first-order chi connectivity index (χ1) is 22.3. The molecule has 0 aliphatic heterocycles. The van der Waals surface area contributed by atoms with E-state index < -0.39 is 0 Å². The molecule has 0 fully saturated rings. The van der Waals surface area contributed by atoms with E-state index in [0.717, 1.165) is 22.3 Å². The molecule has 0 N–H and O–H groups in total. The molecule has 210 valence electrons. The van der Waals surface area contributed by atoms with Gasteiger partial charge in [-0.25, -0.2) is 15.0 Å². The summed E-state index contributed by atoms with van der Waals surface area (Å²) in [5.41, 5.74) is 5.28. The Balaban J connectivity index is 1.24. The van der Waals surface area contributed by atoms with Crippen LogP contribution in [0.3, 0.4) is 0 Å². The Labute approximate surface area is 264 Å². The second kappa shape index (κ2) is 10.5. The average Bonchev–Trinajstić information content (AvgIpc) is 3.51. The topological polar surface area (TPSA) is 38.7 Å². The lowest BCUT2D eigenvalue weighted by molar-refractivity contribution is 1.08. The largest absolute Gasteiger partial charge is 0.208 e. The standard InChI is InChI=1S/C41H25N3S/c1-2-11-28(12-3-1)39-42-40(29-21-18-27(19-22-29)31-23-20-26-10-4-5-13-30(26)24-31)44-41(43-39)35-25-32-14-6-7-15-33(32)38-37(35)34-16-8-9-17-36(34)45-38/h1-25H. The van der Waals surface area contributed by atoms with Gasteiger partial charge >= 0.3 is 0 Å². The molecule has 0 spiro atoms. The Bertz CT molecular complexity index is 2530. The molecule has 3 nitrogen and oxygen atoms in total. The number of aromatic nitrogens is 3. The molecule has 9 aromatic rings. The zero-order chi connectivity index (χ0) is 29.7. The molecule has 0 aliphatic rings. The van der Waals surface area contributed by atoms with E-state index in [9.17, 15) is 0 Å². The van der Waals surface area contributed by atoms with Gasteiger partial charge in [-0.05, 0) is 50.9 Å². The summed E-state index contributed by atoms with van der Waals surface area (Å²) in [4.78, 5) is 15.3. The molecule has 2 aromatic heterocycles. The van der Waals surface area contributed by atoms with Crippen molar-refractivity contribution >= 4 is 53.1 Å². The van der Waals surface area contributed by atoms with Crippen LogP contribution in [0.5, 0.6) is 0 Å². The highest BCUT2D eigenvalue weighted by Crippen LogP contribution is 2.43.